The molecule has 0 spiro atoms. The number of nitrogens with zero attached hydrogens (tertiary/aromatic N) is 4. The summed E-state index contributed by atoms with van der Waals surface area (Å²) in [6.07, 6.45) is 0. The molecular weight excluding hydrogens is 460 g/mol. The molecule has 4 N–H and O–H groups in total. The van der Waals surface area contributed by atoms with Crippen molar-refractivity contribution in [2.75, 3.05) is 0 Å². The van der Waals surface area contributed by atoms with Gasteiger partial charge in [-0.25, -0.2) is 0 Å². The molecule has 4 aromatic carbocycles. The highest BCUT2D eigenvalue weighted by Crippen LogP contribution is 2.54. The van der Waals surface area contributed by atoms with Gasteiger partial charge in [0.25, 0.3) is 0 Å². The summed E-state index contributed by atoms with van der Waals surface area (Å²) in [5, 5.41) is 14.8. The van der Waals surface area contributed by atoms with Crippen LogP contribution >= 0.6 is 0 Å². The van der Waals surface area contributed by atoms with Crippen molar-refractivity contribution in [3.63, 3.8) is 0 Å². The highest BCUT2D eigenvalue weighted by Gasteiger charge is 2.39. The largest absolute Gasteiger partial charge is 0.451 e. The van der Waals surface area contributed by atoms with E-state index in [1.165, 1.54) is 0 Å². The summed E-state index contributed by atoms with van der Waals surface area (Å²) in [5.41, 5.74) is 0.0171. The van der Waals surface area contributed by atoms with Crippen molar-refractivity contribution in [3.8, 4) is 23.0 Å². The van der Waals surface area contributed by atoms with Crippen molar-refractivity contribution >= 4 is 22.9 Å². The van der Waals surface area contributed by atoms with E-state index in [1.807, 2.05) is 12.1 Å². The third-order valence-corrected chi connectivity index (χ3v) is 5.47. The molecule has 0 radical (unpaired) electrons. The number of benzene rings is 4. The maximum Gasteiger partial charge on any atom is 0.200 e. The summed E-state index contributed by atoms with van der Waals surface area (Å²) in [5.74, 6) is 10.6. The maximum absolute atomic E-state index is 13.7. The fraction of sp³-hybridized carbons (Fsp3) is 0. The number of rotatable bonds is 6. The Labute approximate surface area is 204 Å². The molecule has 36 heavy (non-hydrogen) atoms. The number of carbonyl (C=O) groups is 2. The Morgan fingerprint density at radius 3 is 1.25 bits per heavy atom. The van der Waals surface area contributed by atoms with E-state index in [4.69, 9.17) is 21.2 Å². The van der Waals surface area contributed by atoms with Gasteiger partial charge >= 0.3 is 0 Å². The Morgan fingerprint density at radius 2 is 0.889 bits per heavy atom. The smallest absolute Gasteiger partial charge is 0.200 e. The Balaban J connectivity index is 1.89. The minimum absolute atomic E-state index is 0.0408. The van der Waals surface area contributed by atoms with E-state index in [2.05, 4.69) is 20.7 Å². The molecule has 10 nitrogen and oxygen atoms in total. The summed E-state index contributed by atoms with van der Waals surface area (Å²) < 4.78 is 12.3. The molecule has 4 aromatic rings. The van der Waals surface area contributed by atoms with E-state index in [9.17, 15) is 9.59 Å². The number of nitrogens with two attached hydrogens (primary N) is 2. The second-order valence-electron chi connectivity index (χ2n) is 7.57. The second-order valence-corrected chi connectivity index (χ2v) is 7.57. The molecule has 0 saturated heterocycles. The monoisotopic (exact) mass is 478 g/mol. The van der Waals surface area contributed by atoms with Crippen molar-refractivity contribution in [1.82, 2.24) is 0 Å². The topological polar surface area (TPSA) is 154 Å². The lowest BCUT2D eigenvalue weighted by molar-refractivity contribution is 0.0979. The summed E-state index contributed by atoms with van der Waals surface area (Å²) in [6.45, 7) is 0. The van der Waals surface area contributed by atoms with Crippen LogP contribution in [-0.2, 0) is 0 Å². The van der Waals surface area contributed by atoms with Crippen molar-refractivity contribution < 1.29 is 19.1 Å². The molecule has 0 heterocycles. The first-order valence-electron chi connectivity index (χ1n) is 10.7. The van der Waals surface area contributed by atoms with Gasteiger partial charge in [0.05, 0.1) is 11.1 Å². The summed E-state index contributed by atoms with van der Waals surface area (Å²) in [6, 6.07) is 23.9. The van der Waals surface area contributed by atoms with Gasteiger partial charge < -0.3 is 21.2 Å². The normalized spacial score (nSPS) is 12.6. The minimum Gasteiger partial charge on any atom is -0.451 e. The van der Waals surface area contributed by atoms with E-state index in [0.717, 1.165) is 0 Å². The predicted molar refractivity (Wildman–Crippen MR) is 130 cm³/mol. The van der Waals surface area contributed by atoms with Gasteiger partial charge in [-0.2, -0.15) is 0 Å². The summed E-state index contributed by atoms with van der Waals surface area (Å²) in [7, 11) is 0. The third kappa shape index (κ3) is 3.82. The lowest BCUT2D eigenvalue weighted by Crippen LogP contribution is -2.22. The number of fused-ring (bicyclic) bond motifs is 2. The van der Waals surface area contributed by atoms with Crippen molar-refractivity contribution in [2.45, 2.75) is 0 Å². The number of hydrogen-bond acceptors (Lipinski definition) is 8. The molecule has 1 aliphatic rings. The van der Waals surface area contributed by atoms with Crippen LogP contribution in [-0.4, -0.2) is 11.6 Å². The van der Waals surface area contributed by atoms with Gasteiger partial charge in [-0.15, -0.1) is 10.2 Å². The fourth-order valence-electron chi connectivity index (χ4n) is 3.98. The summed E-state index contributed by atoms with van der Waals surface area (Å²) >= 11 is 0. The fourth-order valence-corrected chi connectivity index (χ4v) is 3.98. The molecule has 176 valence electrons. The SMILES string of the molecule is NN=Nc1c(Oc2ccccc2)c(Oc2ccccc2)c(N=NN)c2c1C(=O)c1ccccc1C2=O. The molecule has 5 rings (SSSR count). The lowest BCUT2D eigenvalue weighted by atomic mass is 9.82. The van der Waals surface area contributed by atoms with Crippen LogP contribution in [0, 0.1) is 0 Å². The first-order chi connectivity index (χ1) is 17.6. The zero-order chi connectivity index (χ0) is 25.1. The average molecular weight is 478 g/mol. The van der Waals surface area contributed by atoms with Crippen molar-refractivity contribution in [3.05, 3.63) is 107 Å². The van der Waals surface area contributed by atoms with Crippen LogP contribution in [0.15, 0.2) is 106 Å². The lowest BCUT2D eigenvalue weighted by Gasteiger charge is -2.24. The molecule has 10 heteroatoms. The zero-order valence-corrected chi connectivity index (χ0v) is 18.7. The molecule has 0 bridgehead atoms. The molecule has 0 unspecified atom stereocenters. The Bertz CT molecular complexity index is 1420. The Morgan fingerprint density at radius 1 is 0.528 bits per heavy atom. The van der Waals surface area contributed by atoms with Crippen molar-refractivity contribution in [1.29, 1.82) is 0 Å². The van der Waals surface area contributed by atoms with Gasteiger partial charge in [0.15, 0.2) is 11.6 Å². The number of carbonyl (C=O) groups excluding carboxylic acids is 2. The van der Waals surface area contributed by atoms with Crippen LogP contribution in [0.4, 0.5) is 11.4 Å². The average Bonchev–Trinajstić information content (AvgIpc) is 2.91. The number of ketones is 2. The molecule has 0 amide bonds. The number of ether oxygens (including phenoxy) is 2. The van der Waals surface area contributed by atoms with E-state index < -0.39 is 11.6 Å². The number of para-hydroxylation sites is 2. The van der Waals surface area contributed by atoms with E-state index in [-0.39, 0.29) is 45.1 Å². The molecule has 0 aromatic heterocycles. The second kappa shape index (κ2) is 9.47. The standard InChI is InChI=1S/C26H18N6O4/c27-31-29-21-19-20(24(34)18-14-8-7-13-17(18)23(19)33)22(30-32-28)26(36-16-11-5-2-6-12-16)25(21)35-15-9-3-1-4-10-15/h1-14H,(H2,27,29)(H2,28,30). The molecule has 1 aliphatic carbocycles. The third-order valence-electron chi connectivity index (χ3n) is 5.47. The van der Waals surface area contributed by atoms with Gasteiger partial charge in [-0.1, -0.05) is 71.1 Å². The highest BCUT2D eigenvalue weighted by atomic mass is 16.5. The Hall–Kier alpha value is -5.38. The molecule has 0 fully saturated rings. The van der Waals surface area contributed by atoms with Gasteiger partial charge in [0, 0.05) is 11.1 Å². The maximum atomic E-state index is 13.7. The van der Waals surface area contributed by atoms with Gasteiger partial charge in [-0.05, 0) is 24.3 Å². The van der Waals surface area contributed by atoms with Crippen LogP contribution in [0.2, 0.25) is 0 Å². The zero-order valence-electron chi connectivity index (χ0n) is 18.7. The number of hydrogen-bond donors (Lipinski definition) is 2. The van der Waals surface area contributed by atoms with Gasteiger partial charge in [0.2, 0.25) is 11.5 Å². The quantitative estimate of drug-likeness (QED) is 0.174. The molecule has 0 atom stereocenters. The molecule has 0 aliphatic heterocycles. The van der Waals surface area contributed by atoms with Crippen LogP contribution in [0.1, 0.15) is 31.8 Å². The van der Waals surface area contributed by atoms with Crippen LogP contribution in [0.5, 0.6) is 23.0 Å². The highest BCUT2D eigenvalue weighted by molar-refractivity contribution is 6.32. The molecular formula is C26H18N6O4. The van der Waals surface area contributed by atoms with Crippen LogP contribution in [0.3, 0.4) is 0 Å². The van der Waals surface area contributed by atoms with E-state index in [0.29, 0.717) is 11.5 Å². The first-order valence-corrected chi connectivity index (χ1v) is 10.7. The molecule has 0 saturated carbocycles. The van der Waals surface area contributed by atoms with Gasteiger partial charge in [-0.3, -0.25) is 9.59 Å². The summed E-state index contributed by atoms with van der Waals surface area (Å²) in [4.78, 5) is 27.4. The van der Waals surface area contributed by atoms with Crippen LogP contribution < -0.4 is 21.2 Å². The van der Waals surface area contributed by atoms with Crippen LogP contribution in [0.25, 0.3) is 0 Å². The Kier molecular flexibility index (Phi) is 5.90. The first kappa shape index (κ1) is 22.4. The minimum atomic E-state index is -0.486. The van der Waals surface area contributed by atoms with E-state index >= 15 is 0 Å². The van der Waals surface area contributed by atoms with Crippen molar-refractivity contribution in [2.24, 2.45) is 32.4 Å². The van der Waals surface area contributed by atoms with Gasteiger partial charge in [0.1, 0.15) is 22.9 Å². The predicted octanol–water partition coefficient (Wildman–Crippen LogP) is 5.96. The van der Waals surface area contributed by atoms with E-state index in [1.54, 1.807) is 72.8 Å².